The van der Waals surface area contributed by atoms with Gasteiger partial charge in [0.1, 0.15) is 0 Å². The van der Waals surface area contributed by atoms with Crippen LogP contribution >= 0.6 is 0 Å². The Morgan fingerprint density at radius 3 is 1.50 bits per heavy atom. The number of rotatable bonds is 1. The van der Waals surface area contributed by atoms with Crippen molar-refractivity contribution in [2.24, 2.45) is 0 Å². The molecule has 1 radical (unpaired) electrons. The number of halogens is 5. The Morgan fingerprint density at radius 1 is 0.778 bits per heavy atom. The average Bonchev–Trinajstić information content (AvgIpc) is 2.93. The van der Waals surface area contributed by atoms with Crippen LogP contribution < -0.4 is 0 Å². The van der Waals surface area contributed by atoms with Gasteiger partial charge in [-0.1, -0.05) is 5.56 Å². The van der Waals surface area contributed by atoms with Crippen LogP contribution in [0.25, 0.3) is 0 Å². The summed E-state index contributed by atoms with van der Waals surface area (Å²) < 4.78 is 59.7. The van der Waals surface area contributed by atoms with Crippen molar-refractivity contribution in [2.45, 2.75) is 12.1 Å². The first-order valence-electron chi connectivity index (χ1n) is 4.69. The molecule has 101 valence electrons. The third kappa shape index (κ3) is 4.27. The van der Waals surface area contributed by atoms with E-state index in [2.05, 4.69) is 0 Å². The molecule has 6 heteroatoms. The molecule has 0 nitrogen and oxygen atoms in total. The standard InChI is InChI=1S/C7H4F5.C5H5.Co/c8-6(9,7(10,11)12)5-3-1-2-4-5;1-2-4-5-3-1;/h1-4H;1-5H;/q2*-1;+2. The molecule has 2 aromatic rings. The summed E-state index contributed by atoms with van der Waals surface area (Å²) in [4.78, 5) is 0. The number of hydrogen-bond acceptors (Lipinski definition) is 0. The topological polar surface area (TPSA) is 0 Å². The molecule has 0 unspecified atom stereocenters. The molecule has 0 N–H and O–H groups in total. The Hall–Kier alpha value is -1.14. The van der Waals surface area contributed by atoms with Crippen LogP contribution in [0.15, 0.2) is 54.6 Å². The Kier molecular flexibility index (Phi) is 6.27. The van der Waals surface area contributed by atoms with Crippen molar-refractivity contribution in [3.63, 3.8) is 0 Å². The van der Waals surface area contributed by atoms with E-state index in [0.717, 1.165) is 24.3 Å². The molecule has 0 aliphatic heterocycles. The van der Waals surface area contributed by atoms with Gasteiger partial charge in [-0.15, -0.1) is 0 Å². The molecular weight excluding hydrogens is 298 g/mol. The predicted molar refractivity (Wildman–Crippen MR) is 54.0 cm³/mol. The first-order chi connectivity index (χ1) is 7.86. The minimum Gasteiger partial charge on any atom is -0.214 e. The number of hydrogen-bond donors (Lipinski definition) is 0. The van der Waals surface area contributed by atoms with Gasteiger partial charge in [0.05, 0.1) is 0 Å². The van der Waals surface area contributed by atoms with Gasteiger partial charge in [-0.3, -0.25) is 0 Å². The normalized spacial score (nSPS) is 11.2. The third-order valence-electron chi connectivity index (χ3n) is 1.94. The van der Waals surface area contributed by atoms with Crippen LogP contribution in [0, 0.1) is 0 Å². The molecule has 0 aliphatic rings. The Labute approximate surface area is 111 Å². The summed E-state index contributed by atoms with van der Waals surface area (Å²) in [6.45, 7) is 0. The van der Waals surface area contributed by atoms with Crippen molar-refractivity contribution in [3.05, 3.63) is 60.2 Å². The van der Waals surface area contributed by atoms with Crippen LogP contribution in [0.3, 0.4) is 0 Å². The zero-order chi connectivity index (χ0) is 12.9. The first kappa shape index (κ1) is 16.9. The van der Waals surface area contributed by atoms with E-state index < -0.39 is 17.7 Å². The van der Waals surface area contributed by atoms with Gasteiger partial charge in [0.25, 0.3) is 0 Å². The summed E-state index contributed by atoms with van der Waals surface area (Å²) in [6.07, 6.45) is -5.51. The van der Waals surface area contributed by atoms with Gasteiger partial charge < -0.3 is 0 Å². The largest absolute Gasteiger partial charge is 2.00 e. The van der Waals surface area contributed by atoms with Crippen LogP contribution in [-0.4, -0.2) is 6.18 Å². The summed E-state index contributed by atoms with van der Waals surface area (Å²) in [6, 6.07) is 13.8. The molecule has 0 bridgehead atoms. The second-order valence-electron chi connectivity index (χ2n) is 3.21. The maximum Gasteiger partial charge on any atom is 2.00 e. The molecule has 0 saturated carbocycles. The fourth-order valence-corrected chi connectivity index (χ4v) is 1.07. The molecule has 0 amide bonds. The van der Waals surface area contributed by atoms with E-state index in [4.69, 9.17) is 0 Å². The van der Waals surface area contributed by atoms with Gasteiger partial charge in [0, 0.05) is 0 Å². The average molecular weight is 307 g/mol. The maximum absolute atomic E-state index is 12.4. The molecule has 2 rings (SSSR count). The minimum atomic E-state index is -5.51. The number of alkyl halides is 5. The molecule has 0 aromatic heterocycles. The van der Waals surface area contributed by atoms with E-state index in [1.54, 1.807) is 0 Å². The summed E-state index contributed by atoms with van der Waals surface area (Å²) in [5.41, 5.74) is -1.02. The Bertz CT molecular complexity index is 383. The maximum atomic E-state index is 12.4. The van der Waals surface area contributed by atoms with Gasteiger partial charge in [-0.2, -0.15) is 43.5 Å². The van der Waals surface area contributed by atoms with Crippen molar-refractivity contribution in [1.29, 1.82) is 0 Å². The van der Waals surface area contributed by atoms with Crippen molar-refractivity contribution in [2.75, 3.05) is 0 Å². The fourth-order valence-electron chi connectivity index (χ4n) is 1.07. The molecule has 0 fully saturated rings. The molecule has 0 saturated heterocycles. The molecule has 0 spiro atoms. The second-order valence-corrected chi connectivity index (χ2v) is 3.21. The van der Waals surface area contributed by atoms with Crippen LogP contribution in [-0.2, 0) is 22.7 Å². The fraction of sp³-hybridized carbons (Fsp3) is 0.167. The van der Waals surface area contributed by atoms with E-state index in [-0.39, 0.29) is 16.8 Å². The van der Waals surface area contributed by atoms with Gasteiger partial charge in [0.2, 0.25) is 0 Å². The van der Waals surface area contributed by atoms with E-state index in [9.17, 15) is 22.0 Å². The first-order valence-corrected chi connectivity index (χ1v) is 4.69. The molecule has 0 aliphatic carbocycles. The Balaban J connectivity index is 0.000000405. The van der Waals surface area contributed by atoms with E-state index in [0.29, 0.717) is 0 Å². The van der Waals surface area contributed by atoms with Crippen molar-refractivity contribution in [3.8, 4) is 0 Å². The molecular formula is C12H9CoF5. The molecule has 2 aromatic carbocycles. The van der Waals surface area contributed by atoms with Gasteiger partial charge in [-0.05, 0) is 0 Å². The second kappa shape index (κ2) is 6.70. The molecule has 18 heavy (non-hydrogen) atoms. The summed E-state index contributed by atoms with van der Waals surface area (Å²) in [5.74, 6) is -4.74. The van der Waals surface area contributed by atoms with Gasteiger partial charge >= 0.3 is 28.9 Å². The predicted octanol–water partition coefficient (Wildman–Crippen LogP) is 4.46. The van der Waals surface area contributed by atoms with Gasteiger partial charge in [-0.25, -0.2) is 33.0 Å². The van der Waals surface area contributed by atoms with E-state index >= 15 is 0 Å². The van der Waals surface area contributed by atoms with Crippen LogP contribution in [0.4, 0.5) is 22.0 Å². The quantitative estimate of drug-likeness (QED) is 0.539. The SMILES string of the molecule is FC(F)(F)C(F)(F)[c-]1cccc1.[Co+2].c1cc[cH-]c1. The minimum absolute atomic E-state index is 0. The summed E-state index contributed by atoms with van der Waals surface area (Å²) >= 11 is 0. The van der Waals surface area contributed by atoms with Crippen molar-refractivity contribution < 1.29 is 38.7 Å². The van der Waals surface area contributed by atoms with Crippen LogP contribution in [0.1, 0.15) is 5.56 Å². The van der Waals surface area contributed by atoms with Gasteiger partial charge in [0.15, 0.2) is 0 Å². The van der Waals surface area contributed by atoms with Crippen molar-refractivity contribution >= 4 is 0 Å². The molecule has 0 heterocycles. The van der Waals surface area contributed by atoms with E-state index in [1.807, 2.05) is 30.3 Å². The third-order valence-corrected chi connectivity index (χ3v) is 1.94. The zero-order valence-corrected chi connectivity index (χ0v) is 9.96. The summed E-state index contributed by atoms with van der Waals surface area (Å²) in [7, 11) is 0. The smallest absolute Gasteiger partial charge is 0.214 e. The van der Waals surface area contributed by atoms with Crippen molar-refractivity contribution in [1.82, 2.24) is 0 Å². The summed E-state index contributed by atoms with van der Waals surface area (Å²) in [5, 5.41) is 0. The zero-order valence-electron chi connectivity index (χ0n) is 8.92. The van der Waals surface area contributed by atoms with Crippen LogP contribution in [0.5, 0.6) is 0 Å². The molecule has 0 atom stereocenters. The van der Waals surface area contributed by atoms with E-state index in [1.165, 1.54) is 0 Å². The van der Waals surface area contributed by atoms with Crippen LogP contribution in [0.2, 0.25) is 0 Å². The Morgan fingerprint density at radius 2 is 1.22 bits per heavy atom. The monoisotopic (exact) mass is 307 g/mol.